The van der Waals surface area contributed by atoms with E-state index < -0.39 is 0 Å². The van der Waals surface area contributed by atoms with Crippen molar-refractivity contribution >= 4 is 22.4 Å². The lowest BCUT2D eigenvalue weighted by atomic mass is 10.0. The van der Waals surface area contributed by atoms with Gasteiger partial charge in [0.1, 0.15) is 5.82 Å². The number of nitrogens with zero attached hydrogens (tertiary/aromatic N) is 3. The average Bonchev–Trinajstić information content (AvgIpc) is 3.22. The molecule has 0 fully saturated rings. The van der Waals surface area contributed by atoms with Gasteiger partial charge in [0.05, 0.1) is 11.0 Å². The highest BCUT2D eigenvalue weighted by Crippen LogP contribution is 2.33. The first kappa shape index (κ1) is 23.0. The van der Waals surface area contributed by atoms with Crippen LogP contribution in [0.2, 0.25) is 0 Å². The minimum Gasteiger partial charge on any atom is -0.355 e. The Morgan fingerprint density at radius 1 is 0.711 bits per heavy atom. The van der Waals surface area contributed by atoms with Gasteiger partial charge in [0.2, 0.25) is 0 Å². The Morgan fingerprint density at radius 2 is 1.42 bits per heavy atom. The van der Waals surface area contributed by atoms with Gasteiger partial charge in [0.25, 0.3) is 0 Å². The molecule has 4 nitrogen and oxygen atoms in total. The highest BCUT2D eigenvalue weighted by atomic mass is 15.1. The van der Waals surface area contributed by atoms with E-state index in [1.807, 2.05) is 0 Å². The Balaban J connectivity index is 1.16. The number of rotatable bonds is 5. The van der Waals surface area contributed by atoms with Crippen LogP contribution in [-0.4, -0.2) is 27.5 Å². The van der Waals surface area contributed by atoms with Crippen molar-refractivity contribution in [2.75, 3.05) is 18.4 Å². The SMILES string of the molecule is C1=CCN(Cc2ccc3c(c2)CCc2cc(Cn4c(-c5ccccc5)nc5ccccc54)ccc2N3)CC1. The number of aryl methyl sites for hydroxylation is 2. The van der Waals surface area contributed by atoms with Crippen LogP contribution in [0.3, 0.4) is 0 Å². The Labute approximate surface area is 224 Å². The quantitative estimate of drug-likeness (QED) is 0.258. The van der Waals surface area contributed by atoms with Gasteiger partial charge in [-0.2, -0.15) is 0 Å². The maximum atomic E-state index is 5.00. The van der Waals surface area contributed by atoms with Crippen LogP contribution >= 0.6 is 0 Å². The van der Waals surface area contributed by atoms with Gasteiger partial charge >= 0.3 is 0 Å². The van der Waals surface area contributed by atoms with E-state index in [2.05, 4.69) is 118 Å². The van der Waals surface area contributed by atoms with Crippen LogP contribution in [-0.2, 0) is 25.9 Å². The molecule has 38 heavy (non-hydrogen) atoms. The molecule has 1 aromatic heterocycles. The summed E-state index contributed by atoms with van der Waals surface area (Å²) in [4.78, 5) is 7.53. The van der Waals surface area contributed by atoms with Gasteiger partial charge in [-0.05, 0) is 65.8 Å². The van der Waals surface area contributed by atoms with Crippen LogP contribution < -0.4 is 5.32 Å². The Kier molecular flexibility index (Phi) is 6.03. The van der Waals surface area contributed by atoms with E-state index in [9.17, 15) is 0 Å². The summed E-state index contributed by atoms with van der Waals surface area (Å²) in [6, 6.07) is 32.8. The number of imidazole rings is 1. The van der Waals surface area contributed by atoms with Gasteiger partial charge in [0.15, 0.2) is 0 Å². The van der Waals surface area contributed by atoms with Gasteiger partial charge in [-0.15, -0.1) is 0 Å². The summed E-state index contributed by atoms with van der Waals surface area (Å²) >= 11 is 0. The molecule has 7 rings (SSSR count). The zero-order valence-corrected chi connectivity index (χ0v) is 21.6. The molecule has 0 bridgehead atoms. The zero-order valence-electron chi connectivity index (χ0n) is 21.6. The largest absolute Gasteiger partial charge is 0.355 e. The summed E-state index contributed by atoms with van der Waals surface area (Å²) in [6.45, 7) is 4.02. The second-order valence-corrected chi connectivity index (χ2v) is 10.5. The van der Waals surface area contributed by atoms with Crippen LogP contribution in [0, 0.1) is 0 Å². The van der Waals surface area contributed by atoms with Crippen LogP contribution in [0.1, 0.15) is 28.7 Å². The first-order valence-electron chi connectivity index (χ1n) is 13.7. The van der Waals surface area contributed by atoms with Crippen LogP contribution in [0.25, 0.3) is 22.4 Å². The van der Waals surface area contributed by atoms with Crippen molar-refractivity contribution in [2.45, 2.75) is 32.4 Å². The van der Waals surface area contributed by atoms with E-state index in [0.29, 0.717) is 0 Å². The molecule has 0 unspecified atom stereocenters. The second-order valence-electron chi connectivity index (χ2n) is 10.5. The number of fused-ring (bicyclic) bond motifs is 3. The number of hydrogen-bond acceptors (Lipinski definition) is 3. The summed E-state index contributed by atoms with van der Waals surface area (Å²) in [5, 5.41) is 3.74. The fourth-order valence-electron chi connectivity index (χ4n) is 5.88. The molecule has 1 N–H and O–H groups in total. The molecule has 0 saturated carbocycles. The van der Waals surface area contributed by atoms with Gasteiger partial charge < -0.3 is 9.88 Å². The Morgan fingerprint density at radius 3 is 2.16 bits per heavy atom. The molecule has 4 aromatic carbocycles. The van der Waals surface area contributed by atoms with Crippen molar-refractivity contribution in [1.29, 1.82) is 0 Å². The predicted octanol–water partition coefficient (Wildman–Crippen LogP) is 7.36. The van der Waals surface area contributed by atoms with Crippen LogP contribution in [0.4, 0.5) is 11.4 Å². The van der Waals surface area contributed by atoms with Crippen molar-refractivity contribution in [3.63, 3.8) is 0 Å². The molecule has 5 aromatic rings. The van der Waals surface area contributed by atoms with Gasteiger partial charge in [-0.3, -0.25) is 4.90 Å². The molecule has 0 saturated heterocycles. The third-order valence-electron chi connectivity index (χ3n) is 7.85. The van der Waals surface area contributed by atoms with E-state index in [1.54, 1.807) is 0 Å². The summed E-state index contributed by atoms with van der Waals surface area (Å²) < 4.78 is 2.35. The number of hydrogen-bond donors (Lipinski definition) is 1. The first-order chi connectivity index (χ1) is 18.8. The minimum absolute atomic E-state index is 0.791. The van der Waals surface area contributed by atoms with Gasteiger partial charge in [-0.1, -0.05) is 78.9 Å². The zero-order chi connectivity index (χ0) is 25.3. The fourth-order valence-corrected chi connectivity index (χ4v) is 5.88. The molecule has 0 amide bonds. The molecule has 2 aliphatic rings. The number of aromatic nitrogens is 2. The maximum Gasteiger partial charge on any atom is 0.141 e. The molecule has 188 valence electrons. The highest BCUT2D eigenvalue weighted by molar-refractivity contribution is 5.81. The fraction of sp³-hybridized carbons (Fsp3) is 0.206. The minimum atomic E-state index is 0.791. The molecular weight excluding hydrogens is 464 g/mol. The lowest BCUT2D eigenvalue weighted by Crippen LogP contribution is -2.26. The van der Waals surface area contributed by atoms with E-state index in [0.717, 1.165) is 62.3 Å². The Bertz CT molecular complexity index is 1630. The van der Waals surface area contributed by atoms with Crippen molar-refractivity contribution in [2.24, 2.45) is 0 Å². The second kappa shape index (κ2) is 9.96. The molecule has 3 heterocycles. The molecular formula is C34H32N4. The first-order valence-corrected chi connectivity index (χ1v) is 13.7. The predicted molar refractivity (Wildman–Crippen MR) is 157 cm³/mol. The van der Waals surface area contributed by atoms with Crippen molar-refractivity contribution in [3.8, 4) is 11.4 Å². The monoisotopic (exact) mass is 496 g/mol. The van der Waals surface area contributed by atoms with Crippen molar-refractivity contribution < 1.29 is 0 Å². The summed E-state index contributed by atoms with van der Waals surface area (Å²) in [7, 11) is 0. The lowest BCUT2D eigenvalue weighted by molar-refractivity contribution is 0.290. The molecule has 0 spiro atoms. The average molecular weight is 497 g/mol. The molecule has 4 heteroatoms. The standard InChI is InChI=1S/C34H32N4/c1-3-9-27(10-4-1)34-36-32-11-5-6-12-33(32)38(34)24-26-14-18-31-29(22-26)16-15-28-21-25(13-17-30(28)35-31)23-37-19-7-2-8-20-37/h1-7,9-14,17-18,21-22,35H,8,15-16,19-20,23-24H2. The smallest absolute Gasteiger partial charge is 0.141 e. The number of anilines is 2. The number of nitrogens with one attached hydrogen (secondary N) is 1. The van der Waals surface area contributed by atoms with Crippen LogP contribution in [0.5, 0.6) is 0 Å². The van der Waals surface area contributed by atoms with Gasteiger partial charge in [-0.25, -0.2) is 4.98 Å². The van der Waals surface area contributed by atoms with E-state index >= 15 is 0 Å². The Hall–Kier alpha value is -4.15. The normalized spacial score (nSPS) is 15.1. The summed E-state index contributed by atoms with van der Waals surface area (Å²) in [5.74, 6) is 1.02. The topological polar surface area (TPSA) is 33.1 Å². The van der Waals surface area contributed by atoms with E-state index in [-0.39, 0.29) is 0 Å². The molecule has 2 aliphatic heterocycles. The van der Waals surface area contributed by atoms with Gasteiger partial charge in [0, 0.05) is 43.1 Å². The van der Waals surface area contributed by atoms with E-state index in [4.69, 9.17) is 4.98 Å². The molecule has 0 atom stereocenters. The summed E-state index contributed by atoms with van der Waals surface area (Å²) in [6.07, 6.45) is 7.83. The van der Waals surface area contributed by atoms with Crippen LogP contribution in [0.15, 0.2) is 103 Å². The van der Waals surface area contributed by atoms with Crippen molar-refractivity contribution in [3.05, 3.63) is 125 Å². The number of benzene rings is 4. The number of para-hydroxylation sites is 2. The molecule has 0 aliphatic carbocycles. The maximum absolute atomic E-state index is 5.00. The highest BCUT2D eigenvalue weighted by Gasteiger charge is 2.17. The molecule has 0 radical (unpaired) electrons. The summed E-state index contributed by atoms with van der Waals surface area (Å²) in [5.41, 5.74) is 11.3. The third kappa shape index (κ3) is 4.52. The van der Waals surface area contributed by atoms with Crippen molar-refractivity contribution in [1.82, 2.24) is 14.5 Å². The lowest BCUT2D eigenvalue weighted by Gasteiger charge is -2.23. The van der Waals surface area contributed by atoms with E-state index in [1.165, 1.54) is 39.1 Å². The third-order valence-corrected chi connectivity index (χ3v) is 7.85.